The lowest BCUT2D eigenvalue weighted by Gasteiger charge is -2.32. The van der Waals surface area contributed by atoms with E-state index < -0.39 is 29.6 Å². The maximum Gasteiger partial charge on any atom is 0.319 e. The van der Waals surface area contributed by atoms with Crippen LogP contribution in [0.1, 0.15) is 12.8 Å². The molecule has 3 N–H and O–H groups in total. The SMILES string of the molecule is O=C(Nc1ccc(F)c(Br)c1F)NC1CC(C(=O)O)C1. The summed E-state index contributed by atoms with van der Waals surface area (Å²) < 4.78 is 26.3. The molecule has 0 spiro atoms. The van der Waals surface area contributed by atoms with E-state index in [-0.39, 0.29) is 16.2 Å². The van der Waals surface area contributed by atoms with Gasteiger partial charge in [0.05, 0.1) is 16.1 Å². The molecule has 0 atom stereocenters. The molecule has 1 aliphatic rings. The zero-order valence-electron chi connectivity index (χ0n) is 10.1. The van der Waals surface area contributed by atoms with Crippen molar-refractivity contribution in [1.82, 2.24) is 5.32 Å². The van der Waals surface area contributed by atoms with E-state index in [1.165, 1.54) is 0 Å². The van der Waals surface area contributed by atoms with Crippen LogP contribution < -0.4 is 10.6 Å². The number of carbonyl (C=O) groups excluding carboxylic acids is 1. The number of benzene rings is 1. The van der Waals surface area contributed by atoms with Crippen LogP contribution in [0.3, 0.4) is 0 Å². The molecule has 1 fully saturated rings. The van der Waals surface area contributed by atoms with Gasteiger partial charge in [-0.2, -0.15) is 0 Å². The summed E-state index contributed by atoms with van der Waals surface area (Å²) in [4.78, 5) is 22.2. The van der Waals surface area contributed by atoms with Crippen molar-refractivity contribution in [3.05, 3.63) is 28.2 Å². The molecule has 0 heterocycles. The zero-order chi connectivity index (χ0) is 14.9. The van der Waals surface area contributed by atoms with Crippen molar-refractivity contribution in [2.75, 3.05) is 5.32 Å². The number of hydrogen-bond acceptors (Lipinski definition) is 2. The predicted octanol–water partition coefficient (Wildman–Crippen LogP) is 2.71. The fourth-order valence-electron chi connectivity index (χ4n) is 1.90. The Morgan fingerprint density at radius 3 is 2.55 bits per heavy atom. The van der Waals surface area contributed by atoms with E-state index >= 15 is 0 Å². The molecular formula is C12H11BrF2N2O3. The van der Waals surface area contributed by atoms with Crippen molar-refractivity contribution < 1.29 is 23.5 Å². The molecule has 8 heteroatoms. The number of nitrogens with one attached hydrogen (secondary N) is 2. The van der Waals surface area contributed by atoms with Crippen LogP contribution in [0.25, 0.3) is 0 Å². The van der Waals surface area contributed by atoms with Gasteiger partial charge in [0.25, 0.3) is 0 Å². The van der Waals surface area contributed by atoms with Gasteiger partial charge in [-0.3, -0.25) is 4.79 Å². The van der Waals surface area contributed by atoms with Crippen LogP contribution in [0.4, 0.5) is 19.3 Å². The number of urea groups is 1. The lowest BCUT2D eigenvalue weighted by molar-refractivity contribution is -0.145. The number of amides is 2. The quantitative estimate of drug-likeness (QED) is 0.735. The van der Waals surface area contributed by atoms with Crippen molar-refractivity contribution in [3.63, 3.8) is 0 Å². The van der Waals surface area contributed by atoms with Gasteiger partial charge in [-0.15, -0.1) is 0 Å². The third-order valence-electron chi connectivity index (χ3n) is 3.11. The minimum absolute atomic E-state index is 0.162. The summed E-state index contributed by atoms with van der Waals surface area (Å²) in [7, 11) is 0. The first-order valence-corrected chi connectivity index (χ1v) is 6.61. The fourth-order valence-corrected chi connectivity index (χ4v) is 2.25. The largest absolute Gasteiger partial charge is 0.481 e. The van der Waals surface area contributed by atoms with Crippen LogP contribution >= 0.6 is 15.9 Å². The van der Waals surface area contributed by atoms with E-state index in [2.05, 4.69) is 26.6 Å². The number of carboxylic acid groups (broad SMARTS) is 1. The Kier molecular flexibility index (Phi) is 4.22. The zero-order valence-corrected chi connectivity index (χ0v) is 11.7. The van der Waals surface area contributed by atoms with Crippen molar-refractivity contribution in [2.45, 2.75) is 18.9 Å². The number of rotatable bonds is 3. The Morgan fingerprint density at radius 1 is 1.30 bits per heavy atom. The molecule has 0 unspecified atom stereocenters. The highest BCUT2D eigenvalue weighted by Crippen LogP contribution is 2.28. The molecule has 2 rings (SSSR count). The molecule has 1 aromatic rings. The Hall–Kier alpha value is -1.70. The second-order valence-electron chi connectivity index (χ2n) is 4.52. The first kappa shape index (κ1) is 14.7. The molecule has 20 heavy (non-hydrogen) atoms. The Morgan fingerprint density at radius 2 is 1.95 bits per heavy atom. The van der Waals surface area contributed by atoms with Gasteiger partial charge in [0.15, 0.2) is 5.82 Å². The van der Waals surface area contributed by atoms with Gasteiger partial charge >= 0.3 is 12.0 Å². The van der Waals surface area contributed by atoms with Crippen LogP contribution in [0, 0.1) is 17.6 Å². The third-order valence-corrected chi connectivity index (χ3v) is 3.83. The molecule has 1 saturated carbocycles. The summed E-state index contributed by atoms with van der Waals surface area (Å²) in [6.07, 6.45) is 0.691. The van der Waals surface area contributed by atoms with Crippen molar-refractivity contribution in [2.24, 2.45) is 5.92 Å². The molecule has 0 saturated heterocycles. The maximum absolute atomic E-state index is 13.6. The van der Waals surface area contributed by atoms with E-state index in [9.17, 15) is 18.4 Å². The number of aliphatic carboxylic acids is 1. The van der Waals surface area contributed by atoms with Gasteiger partial charge in [0.1, 0.15) is 5.82 Å². The topological polar surface area (TPSA) is 78.4 Å². The van der Waals surface area contributed by atoms with Crippen molar-refractivity contribution in [1.29, 1.82) is 0 Å². The van der Waals surface area contributed by atoms with E-state index in [4.69, 9.17) is 5.11 Å². The highest BCUT2D eigenvalue weighted by molar-refractivity contribution is 9.10. The standard InChI is InChI=1S/C12H11BrF2N2O3/c13-9-7(14)1-2-8(10(9)15)17-12(20)16-6-3-5(4-6)11(18)19/h1-2,5-6H,3-4H2,(H,18,19)(H2,16,17,20). The van der Waals surface area contributed by atoms with Gasteiger partial charge in [0, 0.05) is 6.04 Å². The van der Waals surface area contributed by atoms with Gasteiger partial charge < -0.3 is 15.7 Å². The average molecular weight is 349 g/mol. The van der Waals surface area contributed by atoms with Gasteiger partial charge in [-0.25, -0.2) is 13.6 Å². The Labute approximate surface area is 121 Å². The van der Waals surface area contributed by atoms with Crippen LogP contribution in [-0.4, -0.2) is 23.1 Å². The van der Waals surface area contributed by atoms with Gasteiger partial charge in [-0.05, 0) is 40.9 Å². The average Bonchev–Trinajstić information content (AvgIpc) is 2.33. The first-order chi connectivity index (χ1) is 9.38. The molecule has 1 aromatic carbocycles. The van der Waals surface area contributed by atoms with E-state index in [1.807, 2.05) is 0 Å². The van der Waals surface area contributed by atoms with Crippen LogP contribution in [-0.2, 0) is 4.79 Å². The second kappa shape index (κ2) is 5.74. The van der Waals surface area contributed by atoms with Crippen LogP contribution in [0.5, 0.6) is 0 Å². The Bertz CT molecular complexity index is 562. The normalized spacial score (nSPS) is 20.9. The molecule has 2 amide bonds. The van der Waals surface area contributed by atoms with Crippen LogP contribution in [0.2, 0.25) is 0 Å². The lowest BCUT2D eigenvalue weighted by atomic mass is 9.80. The van der Waals surface area contributed by atoms with Crippen LogP contribution in [0.15, 0.2) is 16.6 Å². The molecular weight excluding hydrogens is 338 g/mol. The molecule has 0 bridgehead atoms. The smallest absolute Gasteiger partial charge is 0.319 e. The maximum atomic E-state index is 13.6. The highest BCUT2D eigenvalue weighted by Gasteiger charge is 2.35. The van der Waals surface area contributed by atoms with Gasteiger partial charge in [-0.1, -0.05) is 0 Å². The Balaban J connectivity index is 1.90. The summed E-state index contributed by atoms with van der Waals surface area (Å²) >= 11 is 2.73. The summed E-state index contributed by atoms with van der Waals surface area (Å²) in [5.41, 5.74) is -0.162. The minimum atomic E-state index is -0.905. The molecule has 108 valence electrons. The number of halogens is 3. The minimum Gasteiger partial charge on any atom is -0.481 e. The number of hydrogen-bond donors (Lipinski definition) is 3. The summed E-state index contributed by atoms with van der Waals surface area (Å²) in [5.74, 6) is -3.01. The fraction of sp³-hybridized carbons (Fsp3) is 0.333. The van der Waals surface area contributed by atoms with Crippen molar-refractivity contribution >= 4 is 33.6 Å². The van der Waals surface area contributed by atoms with E-state index in [0.717, 1.165) is 12.1 Å². The van der Waals surface area contributed by atoms with Crippen molar-refractivity contribution in [3.8, 4) is 0 Å². The molecule has 0 aromatic heterocycles. The molecule has 0 aliphatic heterocycles. The molecule has 0 radical (unpaired) electrons. The summed E-state index contributed by atoms with van der Waals surface area (Å²) in [6.45, 7) is 0. The monoisotopic (exact) mass is 348 g/mol. The number of anilines is 1. The number of carboxylic acids is 1. The first-order valence-electron chi connectivity index (χ1n) is 5.82. The van der Waals surface area contributed by atoms with E-state index in [1.54, 1.807) is 0 Å². The van der Waals surface area contributed by atoms with E-state index in [0.29, 0.717) is 12.8 Å². The summed E-state index contributed by atoms with van der Waals surface area (Å²) in [6, 6.07) is 1.22. The molecule has 5 nitrogen and oxygen atoms in total. The summed E-state index contributed by atoms with van der Waals surface area (Å²) in [5, 5.41) is 13.5. The highest BCUT2D eigenvalue weighted by atomic mass is 79.9. The van der Waals surface area contributed by atoms with Gasteiger partial charge in [0.2, 0.25) is 0 Å². The third kappa shape index (κ3) is 3.06. The molecule has 1 aliphatic carbocycles. The predicted molar refractivity (Wildman–Crippen MR) is 70.4 cm³/mol. The lowest BCUT2D eigenvalue weighted by Crippen LogP contribution is -2.48. The second-order valence-corrected chi connectivity index (χ2v) is 5.32. The number of carbonyl (C=O) groups is 2.